The van der Waals surface area contributed by atoms with Crippen LogP contribution in [0.15, 0.2) is 30.3 Å². The van der Waals surface area contributed by atoms with Crippen LogP contribution in [0.4, 0.5) is 4.79 Å². The molecule has 1 aromatic rings. The molecule has 1 aliphatic heterocycles. The molecule has 0 aromatic heterocycles. The third-order valence-corrected chi connectivity index (χ3v) is 4.12. The Morgan fingerprint density at radius 1 is 1.17 bits per heavy atom. The zero-order chi connectivity index (χ0) is 16.7. The van der Waals surface area contributed by atoms with E-state index in [1.165, 1.54) is 5.56 Å². The van der Waals surface area contributed by atoms with Crippen LogP contribution in [0.1, 0.15) is 32.3 Å². The van der Waals surface area contributed by atoms with E-state index in [2.05, 4.69) is 22.8 Å². The number of nitrogens with one attached hydrogen (secondary N) is 2. The summed E-state index contributed by atoms with van der Waals surface area (Å²) in [5.41, 5.74) is 1.23. The second-order valence-corrected chi connectivity index (χ2v) is 6.39. The van der Waals surface area contributed by atoms with E-state index in [1.807, 2.05) is 32.0 Å². The average Bonchev–Trinajstić information content (AvgIpc) is 2.55. The molecule has 2 rings (SSSR count). The van der Waals surface area contributed by atoms with Gasteiger partial charge in [0.2, 0.25) is 5.91 Å². The molecule has 0 radical (unpaired) electrons. The summed E-state index contributed by atoms with van der Waals surface area (Å²) in [6, 6.07) is 10.3. The molecule has 1 aliphatic rings. The van der Waals surface area contributed by atoms with Crippen molar-refractivity contribution in [1.82, 2.24) is 15.5 Å². The lowest BCUT2D eigenvalue weighted by Crippen LogP contribution is -2.48. The fraction of sp³-hybridized carbons (Fsp3) is 0.556. The molecule has 1 heterocycles. The molecule has 126 valence electrons. The van der Waals surface area contributed by atoms with Crippen LogP contribution in [0.5, 0.6) is 0 Å². The van der Waals surface area contributed by atoms with Crippen LogP contribution in [-0.2, 0) is 11.2 Å². The number of hydrogen-bond acceptors (Lipinski definition) is 2. The fourth-order valence-electron chi connectivity index (χ4n) is 2.80. The molecule has 3 amide bonds. The molecule has 0 aliphatic carbocycles. The number of carbonyl (C=O) groups is 2. The maximum Gasteiger partial charge on any atom is 0.317 e. The number of rotatable bonds is 5. The minimum absolute atomic E-state index is 0.0221. The number of urea groups is 1. The molecular weight excluding hydrogens is 290 g/mol. The molecular formula is C18H27N3O2. The zero-order valence-electron chi connectivity index (χ0n) is 14.0. The first kappa shape index (κ1) is 17.3. The molecule has 0 spiro atoms. The minimum Gasteiger partial charge on any atom is -0.356 e. The van der Waals surface area contributed by atoms with E-state index in [9.17, 15) is 9.59 Å². The molecule has 1 fully saturated rings. The Labute approximate surface area is 138 Å². The van der Waals surface area contributed by atoms with Crippen molar-refractivity contribution in [3.63, 3.8) is 0 Å². The highest BCUT2D eigenvalue weighted by molar-refractivity contribution is 5.79. The van der Waals surface area contributed by atoms with Crippen LogP contribution in [0.25, 0.3) is 0 Å². The van der Waals surface area contributed by atoms with Crippen LogP contribution in [-0.4, -0.2) is 42.5 Å². The maximum atomic E-state index is 12.2. The van der Waals surface area contributed by atoms with Crippen molar-refractivity contribution in [2.45, 2.75) is 39.2 Å². The molecule has 1 aromatic carbocycles. The Morgan fingerprint density at radius 2 is 1.83 bits per heavy atom. The molecule has 0 bridgehead atoms. The number of carbonyl (C=O) groups excluding carboxylic acids is 2. The number of benzene rings is 1. The van der Waals surface area contributed by atoms with E-state index >= 15 is 0 Å². The smallest absolute Gasteiger partial charge is 0.317 e. The molecule has 5 heteroatoms. The van der Waals surface area contributed by atoms with Crippen LogP contribution >= 0.6 is 0 Å². The Bertz CT molecular complexity index is 508. The topological polar surface area (TPSA) is 61.4 Å². The second-order valence-electron chi connectivity index (χ2n) is 6.39. The molecule has 5 nitrogen and oxygen atoms in total. The summed E-state index contributed by atoms with van der Waals surface area (Å²) in [7, 11) is 0. The first-order chi connectivity index (χ1) is 11.1. The molecule has 0 atom stereocenters. The number of piperidine rings is 1. The second kappa shape index (κ2) is 8.56. The molecule has 23 heavy (non-hydrogen) atoms. The highest BCUT2D eigenvalue weighted by atomic mass is 16.2. The Kier molecular flexibility index (Phi) is 6.44. The van der Waals surface area contributed by atoms with Gasteiger partial charge in [0.15, 0.2) is 0 Å². The lowest BCUT2D eigenvalue weighted by molar-refractivity contribution is -0.126. The van der Waals surface area contributed by atoms with Gasteiger partial charge in [-0.05, 0) is 38.7 Å². The van der Waals surface area contributed by atoms with Crippen molar-refractivity contribution in [1.29, 1.82) is 0 Å². The first-order valence-corrected chi connectivity index (χ1v) is 8.43. The monoisotopic (exact) mass is 317 g/mol. The number of nitrogens with zero attached hydrogens (tertiary/aromatic N) is 1. The van der Waals surface area contributed by atoms with Crippen molar-refractivity contribution in [2.24, 2.45) is 5.92 Å². The highest BCUT2D eigenvalue weighted by Crippen LogP contribution is 2.17. The van der Waals surface area contributed by atoms with Gasteiger partial charge in [0.05, 0.1) is 0 Å². The van der Waals surface area contributed by atoms with Gasteiger partial charge in [-0.2, -0.15) is 0 Å². The van der Waals surface area contributed by atoms with E-state index in [1.54, 1.807) is 4.90 Å². The van der Waals surface area contributed by atoms with Gasteiger partial charge in [0.1, 0.15) is 0 Å². The fourth-order valence-corrected chi connectivity index (χ4v) is 2.80. The van der Waals surface area contributed by atoms with Crippen molar-refractivity contribution < 1.29 is 9.59 Å². The van der Waals surface area contributed by atoms with Crippen LogP contribution in [0.2, 0.25) is 0 Å². The van der Waals surface area contributed by atoms with E-state index in [4.69, 9.17) is 0 Å². The van der Waals surface area contributed by atoms with Gasteiger partial charge in [-0.15, -0.1) is 0 Å². The van der Waals surface area contributed by atoms with Gasteiger partial charge >= 0.3 is 6.03 Å². The Morgan fingerprint density at radius 3 is 2.43 bits per heavy atom. The summed E-state index contributed by atoms with van der Waals surface area (Å²) in [6.07, 6.45) is 2.33. The summed E-state index contributed by atoms with van der Waals surface area (Å²) in [4.78, 5) is 25.9. The predicted octanol–water partition coefficient (Wildman–Crippen LogP) is 2.18. The molecule has 0 unspecified atom stereocenters. The average molecular weight is 317 g/mol. The summed E-state index contributed by atoms with van der Waals surface area (Å²) in [5.74, 6) is 0.138. The number of amides is 3. The van der Waals surface area contributed by atoms with Gasteiger partial charge in [-0.1, -0.05) is 30.3 Å². The normalized spacial score (nSPS) is 15.5. The summed E-state index contributed by atoms with van der Waals surface area (Å²) in [5, 5.41) is 5.91. The van der Waals surface area contributed by atoms with E-state index in [0.717, 1.165) is 19.3 Å². The van der Waals surface area contributed by atoms with Crippen molar-refractivity contribution >= 4 is 11.9 Å². The first-order valence-electron chi connectivity index (χ1n) is 8.43. The highest BCUT2D eigenvalue weighted by Gasteiger charge is 2.27. The lowest BCUT2D eigenvalue weighted by atomic mass is 9.96. The van der Waals surface area contributed by atoms with Crippen molar-refractivity contribution in [3.8, 4) is 0 Å². The number of likely N-dealkylation sites (tertiary alicyclic amines) is 1. The summed E-state index contributed by atoms with van der Waals surface area (Å²) < 4.78 is 0. The van der Waals surface area contributed by atoms with Gasteiger partial charge in [0, 0.05) is 31.6 Å². The minimum atomic E-state index is -0.0251. The standard InChI is InChI=1S/C18H27N3O2/c1-14(2)20-18(23)21-12-9-16(10-13-21)17(22)19-11-8-15-6-4-3-5-7-15/h3-7,14,16H,8-13H2,1-2H3,(H,19,22)(H,20,23). The van der Waals surface area contributed by atoms with Crippen LogP contribution < -0.4 is 10.6 Å². The SMILES string of the molecule is CC(C)NC(=O)N1CCC(C(=O)NCCc2ccccc2)CC1. The van der Waals surface area contributed by atoms with Gasteiger partial charge in [-0.3, -0.25) is 4.79 Å². The van der Waals surface area contributed by atoms with Crippen LogP contribution in [0.3, 0.4) is 0 Å². The lowest BCUT2D eigenvalue weighted by Gasteiger charge is -2.32. The maximum absolute atomic E-state index is 12.2. The Hall–Kier alpha value is -2.04. The molecule has 1 saturated heterocycles. The summed E-state index contributed by atoms with van der Waals surface area (Å²) in [6.45, 7) is 5.86. The largest absolute Gasteiger partial charge is 0.356 e. The molecule has 2 N–H and O–H groups in total. The van der Waals surface area contributed by atoms with E-state index in [0.29, 0.717) is 19.6 Å². The van der Waals surface area contributed by atoms with Crippen molar-refractivity contribution in [2.75, 3.05) is 19.6 Å². The van der Waals surface area contributed by atoms with Crippen molar-refractivity contribution in [3.05, 3.63) is 35.9 Å². The predicted molar refractivity (Wildman–Crippen MR) is 91.1 cm³/mol. The third-order valence-electron chi connectivity index (χ3n) is 4.12. The Balaban J connectivity index is 1.68. The zero-order valence-corrected chi connectivity index (χ0v) is 14.0. The van der Waals surface area contributed by atoms with Gasteiger partial charge in [-0.25, -0.2) is 4.79 Å². The quantitative estimate of drug-likeness (QED) is 0.874. The van der Waals surface area contributed by atoms with E-state index < -0.39 is 0 Å². The number of hydrogen-bond donors (Lipinski definition) is 2. The van der Waals surface area contributed by atoms with Crippen LogP contribution in [0, 0.1) is 5.92 Å². The van der Waals surface area contributed by atoms with Gasteiger partial charge < -0.3 is 15.5 Å². The van der Waals surface area contributed by atoms with E-state index in [-0.39, 0.29) is 23.9 Å². The van der Waals surface area contributed by atoms with Gasteiger partial charge in [0.25, 0.3) is 0 Å². The third kappa shape index (κ3) is 5.58. The molecule has 0 saturated carbocycles. The summed E-state index contributed by atoms with van der Waals surface area (Å²) >= 11 is 0.